The summed E-state index contributed by atoms with van der Waals surface area (Å²) in [4.78, 5) is 24.1. The molecule has 24 heavy (non-hydrogen) atoms. The highest BCUT2D eigenvalue weighted by atomic mass is 35.5. The standard InChI is InChI=1S/C19H20ClNO3/c1-13(2)11-12-24-19(23)14-7-9-15(10-8-14)21-18(22)16-5-3-4-6-17(16)20/h3-10,13H,11-12H2,1-2H3,(H,21,22). The number of esters is 1. The summed E-state index contributed by atoms with van der Waals surface area (Å²) in [6.07, 6.45) is 0.831. The van der Waals surface area contributed by atoms with Crippen LogP contribution in [-0.4, -0.2) is 18.5 Å². The predicted molar refractivity (Wildman–Crippen MR) is 95.6 cm³/mol. The van der Waals surface area contributed by atoms with E-state index in [0.29, 0.717) is 34.4 Å². The van der Waals surface area contributed by atoms with Gasteiger partial charge < -0.3 is 10.1 Å². The van der Waals surface area contributed by atoms with Gasteiger partial charge in [-0.3, -0.25) is 4.79 Å². The molecule has 0 saturated heterocycles. The number of amides is 1. The van der Waals surface area contributed by atoms with Crippen LogP contribution in [-0.2, 0) is 4.74 Å². The molecule has 2 rings (SSSR count). The van der Waals surface area contributed by atoms with E-state index in [1.54, 1.807) is 48.5 Å². The molecular weight excluding hydrogens is 326 g/mol. The summed E-state index contributed by atoms with van der Waals surface area (Å²) in [6, 6.07) is 13.4. The minimum atomic E-state index is -0.361. The van der Waals surface area contributed by atoms with Crippen molar-refractivity contribution in [2.75, 3.05) is 11.9 Å². The van der Waals surface area contributed by atoms with Crippen LogP contribution in [0.5, 0.6) is 0 Å². The number of anilines is 1. The number of ether oxygens (including phenoxy) is 1. The average Bonchev–Trinajstić information content (AvgIpc) is 2.55. The van der Waals surface area contributed by atoms with Crippen LogP contribution in [0.15, 0.2) is 48.5 Å². The minimum absolute atomic E-state index is 0.298. The van der Waals surface area contributed by atoms with Gasteiger partial charge in [-0.1, -0.05) is 37.6 Å². The summed E-state index contributed by atoms with van der Waals surface area (Å²) < 4.78 is 5.20. The van der Waals surface area contributed by atoms with Gasteiger partial charge in [0.15, 0.2) is 0 Å². The van der Waals surface area contributed by atoms with Crippen LogP contribution < -0.4 is 5.32 Å². The summed E-state index contributed by atoms with van der Waals surface area (Å²) in [5.41, 5.74) is 1.43. The van der Waals surface area contributed by atoms with Gasteiger partial charge in [-0.15, -0.1) is 0 Å². The smallest absolute Gasteiger partial charge is 0.338 e. The Morgan fingerprint density at radius 3 is 2.38 bits per heavy atom. The second-order valence-electron chi connectivity index (χ2n) is 5.83. The Labute approximate surface area is 146 Å². The maximum Gasteiger partial charge on any atom is 0.338 e. The van der Waals surface area contributed by atoms with Crippen LogP contribution >= 0.6 is 11.6 Å². The lowest BCUT2D eigenvalue weighted by molar-refractivity contribution is 0.0488. The third kappa shape index (κ3) is 5.10. The summed E-state index contributed by atoms with van der Waals surface area (Å²) in [6.45, 7) is 4.55. The fourth-order valence-corrected chi connectivity index (χ4v) is 2.23. The van der Waals surface area contributed by atoms with Crippen LogP contribution in [0.4, 0.5) is 5.69 Å². The topological polar surface area (TPSA) is 55.4 Å². The van der Waals surface area contributed by atoms with Crippen molar-refractivity contribution in [3.05, 3.63) is 64.7 Å². The Bertz CT molecular complexity index is 711. The van der Waals surface area contributed by atoms with Crippen molar-refractivity contribution in [3.63, 3.8) is 0 Å². The molecule has 0 radical (unpaired) electrons. The van der Waals surface area contributed by atoms with Crippen LogP contribution in [0.2, 0.25) is 5.02 Å². The maximum atomic E-state index is 12.2. The third-order valence-electron chi connectivity index (χ3n) is 3.43. The molecule has 0 aromatic heterocycles. The fraction of sp³-hybridized carbons (Fsp3) is 0.263. The zero-order chi connectivity index (χ0) is 17.5. The van der Waals surface area contributed by atoms with Gasteiger partial charge in [0.2, 0.25) is 0 Å². The molecule has 0 aliphatic carbocycles. The Balaban J connectivity index is 1.96. The first kappa shape index (κ1) is 18.0. The monoisotopic (exact) mass is 345 g/mol. The molecule has 0 heterocycles. The second kappa shape index (κ2) is 8.50. The average molecular weight is 346 g/mol. The lowest BCUT2D eigenvalue weighted by Gasteiger charge is -2.09. The van der Waals surface area contributed by atoms with Crippen LogP contribution in [0.25, 0.3) is 0 Å². The molecule has 126 valence electrons. The number of carbonyl (C=O) groups is 2. The number of hydrogen-bond acceptors (Lipinski definition) is 3. The molecule has 0 bridgehead atoms. The van der Waals surface area contributed by atoms with E-state index in [9.17, 15) is 9.59 Å². The maximum absolute atomic E-state index is 12.2. The molecule has 2 aromatic carbocycles. The summed E-state index contributed by atoms with van der Waals surface area (Å²) in [7, 11) is 0. The Kier molecular flexibility index (Phi) is 6.38. The lowest BCUT2D eigenvalue weighted by Crippen LogP contribution is -2.13. The molecule has 1 amide bonds. The first-order chi connectivity index (χ1) is 11.5. The van der Waals surface area contributed by atoms with Crippen LogP contribution in [0.1, 0.15) is 41.0 Å². The molecule has 0 fully saturated rings. The molecular formula is C19H20ClNO3. The van der Waals surface area contributed by atoms with E-state index < -0.39 is 0 Å². The highest BCUT2D eigenvalue weighted by Gasteiger charge is 2.11. The summed E-state index contributed by atoms with van der Waals surface area (Å²) in [5, 5.41) is 3.14. The quantitative estimate of drug-likeness (QED) is 0.765. The van der Waals surface area contributed by atoms with E-state index in [4.69, 9.17) is 16.3 Å². The largest absolute Gasteiger partial charge is 0.462 e. The number of benzene rings is 2. The van der Waals surface area contributed by atoms with Gasteiger partial charge in [0.05, 0.1) is 22.8 Å². The number of rotatable bonds is 6. The van der Waals surface area contributed by atoms with E-state index in [-0.39, 0.29) is 11.9 Å². The van der Waals surface area contributed by atoms with E-state index in [2.05, 4.69) is 19.2 Å². The van der Waals surface area contributed by atoms with E-state index in [1.165, 1.54) is 0 Å². The second-order valence-corrected chi connectivity index (χ2v) is 6.24. The molecule has 0 aliphatic heterocycles. The lowest BCUT2D eigenvalue weighted by atomic mass is 10.1. The first-order valence-electron chi connectivity index (χ1n) is 7.80. The van der Waals surface area contributed by atoms with Gasteiger partial charge in [-0.05, 0) is 48.7 Å². The molecule has 2 aromatic rings. The number of hydrogen-bond donors (Lipinski definition) is 1. The summed E-state index contributed by atoms with van der Waals surface area (Å²) in [5.74, 6) is -0.173. The summed E-state index contributed by atoms with van der Waals surface area (Å²) >= 11 is 6.00. The van der Waals surface area contributed by atoms with Crippen LogP contribution in [0, 0.1) is 5.92 Å². The number of nitrogens with one attached hydrogen (secondary N) is 1. The Morgan fingerprint density at radius 2 is 1.75 bits per heavy atom. The van der Waals surface area contributed by atoms with E-state index in [0.717, 1.165) is 6.42 Å². The highest BCUT2D eigenvalue weighted by molar-refractivity contribution is 6.34. The third-order valence-corrected chi connectivity index (χ3v) is 3.75. The van der Waals surface area contributed by atoms with Crippen molar-refractivity contribution in [2.45, 2.75) is 20.3 Å². The van der Waals surface area contributed by atoms with Crippen LogP contribution in [0.3, 0.4) is 0 Å². The van der Waals surface area contributed by atoms with Crippen molar-refractivity contribution in [3.8, 4) is 0 Å². The Morgan fingerprint density at radius 1 is 1.08 bits per heavy atom. The van der Waals surface area contributed by atoms with Gasteiger partial charge in [0, 0.05) is 5.69 Å². The molecule has 0 spiro atoms. The number of halogens is 1. The molecule has 0 saturated carbocycles. The molecule has 4 nitrogen and oxygen atoms in total. The SMILES string of the molecule is CC(C)CCOC(=O)c1ccc(NC(=O)c2ccccc2Cl)cc1. The van der Waals surface area contributed by atoms with Gasteiger partial charge in [0.25, 0.3) is 5.91 Å². The molecule has 0 aliphatic rings. The van der Waals surface area contributed by atoms with Crippen molar-refractivity contribution >= 4 is 29.2 Å². The zero-order valence-electron chi connectivity index (χ0n) is 13.7. The predicted octanol–water partition coefficient (Wildman–Crippen LogP) is 4.80. The molecule has 5 heteroatoms. The van der Waals surface area contributed by atoms with Crippen molar-refractivity contribution in [2.24, 2.45) is 5.92 Å². The van der Waals surface area contributed by atoms with Gasteiger partial charge in [-0.25, -0.2) is 4.79 Å². The van der Waals surface area contributed by atoms with Crippen molar-refractivity contribution < 1.29 is 14.3 Å². The molecule has 0 unspecified atom stereocenters. The normalized spacial score (nSPS) is 10.5. The Hall–Kier alpha value is -2.33. The minimum Gasteiger partial charge on any atom is -0.462 e. The van der Waals surface area contributed by atoms with Gasteiger partial charge in [0.1, 0.15) is 0 Å². The van der Waals surface area contributed by atoms with E-state index >= 15 is 0 Å². The van der Waals surface area contributed by atoms with E-state index in [1.807, 2.05) is 0 Å². The fourth-order valence-electron chi connectivity index (χ4n) is 2.00. The highest BCUT2D eigenvalue weighted by Crippen LogP contribution is 2.18. The van der Waals surface area contributed by atoms with Gasteiger partial charge in [-0.2, -0.15) is 0 Å². The first-order valence-corrected chi connectivity index (χ1v) is 8.18. The molecule has 0 atom stereocenters. The van der Waals surface area contributed by atoms with Crippen molar-refractivity contribution in [1.29, 1.82) is 0 Å². The van der Waals surface area contributed by atoms with Crippen molar-refractivity contribution in [1.82, 2.24) is 0 Å². The zero-order valence-corrected chi connectivity index (χ0v) is 14.5. The van der Waals surface area contributed by atoms with Gasteiger partial charge >= 0.3 is 5.97 Å². The molecule has 1 N–H and O–H groups in total. The number of carbonyl (C=O) groups excluding carboxylic acids is 2.